The lowest BCUT2D eigenvalue weighted by atomic mass is 9.90. The van der Waals surface area contributed by atoms with E-state index in [0.717, 1.165) is 26.0 Å². The predicted octanol–water partition coefficient (Wildman–Crippen LogP) is 2.28. The molecule has 0 radical (unpaired) electrons. The quantitative estimate of drug-likeness (QED) is 0.516. The minimum absolute atomic E-state index is 0.0304. The molecular weight excluding hydrogens is 499 g/mol. The molecule has 5 rings (SSSR count). The van der Waals surface area contributed by atoms with Gasteiger partial charge < -0.3 is 10.2 Å². The van der Waals surface area contributed by atoms with E-state index in [9.17, 15) is 27.2 Å². The van der Waals surface area contributed by atoms with Crippen LogP contribution in [0.1, 0.15) is 12.5 Å². The number of benzene rings is 3. The molecular formula is C26H25FN4O5S. The number of sulfonamides is 1. The number of carbonyl (C=O) groups is 3. The van der Waals surface area contributed by atoms with Crippen molar-refractivity contribution in [3.63, 3.8) is 0 Å². The zero-order valence-electron chi connectivity index (χ0n) is 20.1. The fourth-order valence-electron chi connectivity index (χ4n) is 4.74. The number of amides is 4. The molecule has 9 nitrogen and oxygen atoms in total. The van der Waals surface area contributed by atoms with Gasteiger partial charge in [0, 0.05) is 26.2 Å². The zero-order chi connectivity index (χ0) is 26.4. The number of urea groups is 1. The molecule has 3 aromatic rings. The van der Waals surface area contributed by atoms with Gasteiger partial charge in [0.1, 0.15) is 22.8 Å². The Morgan fingerprint density at radius 1 is 0.946 bits per heavy atom. The van der Waals surface area contributed by atoms with E-state index in [1.807, 2.05) is 36.4 Å². The molecule has 2 aliphatic heterocycles. The Kier molecular flexibility index (Phi) is 6.20. The summed E-state index contributed by atoms with van der Waals surface area (Å²) in [6, 6.07) is 17.6. The number of halogens is 1. The first-order valence-electron chi connectivity index (χ1n) is 11.8. The summed E-state index contributed by atoms with van der Waals surface area (Å²) in [4.78, 5) is 40.9. The van der Waals surface area contributed by atoms with E-state index < -0.39 is 50.7 Å². The Labute approximate surface area is 213 Å². The molecule has 192 valence electrons. The van der Waals surface area contributed by atoms with Crippen LogP contribution in [0.25, 0.3) is 10.8 Å². The maximum Gasteiger partial charge on any atom is 0.325 e. The zero-order valence-corrected chi connectivity index (χ0v) is 20.9. The van der Waals surface area contributed by atoms with Crippen LogP contribution in [0.15, 0.2) is 71.6 Å². The molecule has 37 heavy (non-hydrogen) atoms. The molecule has 0 spiro atoms. The van der Waals surface area contributed by atoms with Crippen LogP contribution < -0.4 is 5.32 Å². The van der Waals surface area contributed by atoms with E-state index in [-0.39, 0.29) is 26.2 Å². The average molecular weight is 525 g/mol. The van der Waals surface area contributed by atoms with Gasteiger partial charge in [-0.2, -0.15) is 4.31 Å². The molecule has 0 saturated carbocycles. The van der Waals surface area contributed by atoms with E-state index in [2.05, 4.69) is 5.32 Å². The second-order valence-corrected chi connectivity index (χ2v) is 11.1. The first-order chi connectivity index (χ1) is 17.6. The van der Waals surface area contributed by atoms with Gasteiger partial charge in [-0.1, -0.05) is 48.5 Å². The molecule has 0 unspecified atom stereocenters. The van der Waals surface area contributed by atoms with Crippen molar-refractivity contribution >= 4 is 38.6 Å². The number of rotatable bonds is 5. The number of hydrogen-bond donors (Lipinski definition) is 1. The summed E-state index contributed by atoms with van der Waals surface area (Å²) in [5.41, 5.74) is -0.722. The van der Waals surface area contributed by atoms with Crippen LogP contribution in [0.5, 0.6) is 0 Å². The van der Waals surface area contributed by atoms with E-state index in [1.54, 1.807) is 13.0 Å². The Hall–Kier alpha value is -3.83. The number of fused-ring (bicyclic) bond motifs is 1. The summed E-state index contributed by atoms with van der Waals surface area (Å²) in [5.74, 6) is -1.86. The molecule has 2 fully saturated rings. The molecule has 0 aromatic heterocycles. The fraction of sp³-hybridized carbons (Fsp3) is 0.269. The molecule has 0 aliphatic carbocycles. The standard InChI is InChI=1S/C26H25FN4O5S/c1-26(20-11-10-18-6-2-3-7-19(18)16-20)24(33)31(25(34)28-26)17-23(32)29-12-14-30(15-13-29)37(35,36)22-9-5-4-8-21(22)27/h2-11,16H,12-15,17H2,1H3,(H,28,34)/t26-/m1/s1. The maximum atomic E-state index is 14.1. The van der Waals surface area contributed by atoms with Crippen molar-refractivity contribution < 1.29 is 27.2 Å². The van der Waals surface area contributed by atoms with Crippen molar-refractivity contribution in [3.05, 3.63) is 78.1 Å². The summed E-state index contributed by atoms with van der Waals surface area (Å²) < 4.78 is 40.8. The average Bonchev–Trinajstić information content (AvgIpc) is 3.12. The Balaban J connectivity index is 1.26. The largest absolute Gasteiger partial charge is 0.338 e. The monoisotopic (exact) mass is 524 g/mol. The van der Waals surface area contributed by atoms with Crippen LogP contribution in [0.2, 0.25) is 0 Å². The van der Waals surface area contributed by atoms with Crippen LogP contribution in [-0.2, 0) is 25.2 Å². The minimum Gasteiger partial charge on any atom is -0.338 e. The van der Waals surface area contributed by atoms with Gasteiger partial charge in [0.05, 0.1) is 0 Å². The lowest BCUT2D eigenvalue weighted by Crippen LogP contribution is -2.53. The fourth-order valence-corrected chi connectivity index (χ4v) is 6.23. The van der Waals surface area contributed by atoms with Crippen LogP contribution in [-0.4, -0.2) is 73.1 Å². The van der Waals surface area contributed by atoms with E-state index in [1.165, 1.54) is 23.1 Å². The molecule has 2 aliphatic rings. The first kappa shape index (κ1) is 24.8. The number of nitrogens with zero attached hydrogens (tertiary/aromatic N) is 3. The van der Waals surface area contributed by atoms with Crippen molar-refractivity contribution in [2.75, 3.05) is 32.7 Å². The Morgan fingerprint density at radius 3 is 2.30 bits per heavy atom. The van der Waals surface area contributed by atoms with E-state index >= 15 is 0 Å². The molecule has 11 heteroatoms. The Morgan fingerprint density at radius 2 is 1.59 bits per heavy atom. The van der Waals surface area contributed by atoms with Crippen LogP contribution >= 0.6 is 0 Å². The molecule has 3 aromatic carbocycles. The van der Waals surface area contributed by atoms with Crippen molar-refractivity contribution in [2.24, 2.45) is 0 Å². The summed E-state index contributed by atoms with van der Waals surface area (Å²) in [6.45, 7) is 1.19. The maximum absolute atomic E-state index is 14.1. The van der Waals surface area contributed by atoms with Crippen molar-refractivity contribution in [3.8, 4) is 0 Å². The van der Waals surface area contributed by atoms with Crippen molar-refractivity contribution in [1.82, 2.24) is 19.4 Å². The summed E-state index contributed by atoms with van der Waals surface area (Å²) in [6.07, 6.45) is 0. The molecule has 4 amide bonds. The van der Waals surface area contributed by atoms with Gasteiger partial charge in [-0.25, -0.2) is 17.6 Å². The Bertz CT molecular complexity index is 1520. The molecule has 1 N–H and O–H groups in total. The summed E-state index contributed by atoms with van der Waals surface area (Å²) in [5, 5.41) is 4.63. The normalized spacial score (nSPS) is 20.9. The third kappa shape index (κ3) is 4.34. The second-order valence-electron chi connectivity index (χ2n) is 9.22. The molecule has 2 saturated heterocycles. The van der Waals surface area contributed by atoms with Gasteiger partial charge in [-0.3, -0.25) is 14.5 Å². The van der Waals surface area contributed by atoms with E-state index in [4.69, 9.17) is 0 Å². The van der Waals surface area contributed by atoms with Crippen molar-refractivity contribution in [1.29, 1.82) is 0 Å². The number of imide groups is 1. The first-order valence-corrected chi connectivity index (χ1v) is 13.2. The third-order valence-corrected chi connectivity index (χ3v) is 8.87. The smallest absolute Gasteiger partial charge is 0.325 e. The van der Waals surface area contributed by atoms with E-state index in [0.29, 0.717) is 5.56 Å². The highest BCUT2D eigenvalue weighted by atomic mass is 32.2. The van der Waals surface area contributed by atoms with Gasteiger partial charge in [0.2, 0.25) is 15.9 Å². The van der Waals surface area contributed by atoms with Gasteiger partial charge in [-0.05, 0) is 41.5 Å². The van der Waals surface area contributed by atoms with Gasteiger partial charge in [0.25, 0.3) is 5.91 Å². The molecule has 2 heterocycles. The molecule has 1 atom stereocenters. The number of hydrogen-bond acceptors (Lipinski definition) is 5. The predicted molar refractivity (Wildman–Crippen MR) is 133 cm³/mol. The van der Waals surface area contributed by atoms with Crippen LogP contribution in [0.4, 0.5) is 9.18 Å². The lowest BCUT2D eigenvalue weighted by Gasteiger charge is -2.34. The highest BCUT2D eigenvalue weighted by molar-refractivity contribution is 7.89. The highest BCUT2D eigenvalue weighted by Crippen LogP contribution is 2.31. The lowest BCUT2D eigenvalue weighted by molar-refractivity contribution is -0.139. The van der Waals surface area contributed by atoms with Crippen LogP contribution in [0, 0.1) is 5.82 Å². The number of nitrogens with one attached hydrogen (secondary N) is 1. The molecule has 0 bridgehead atoms. The van der Waals surface area contributed by atoms with Gasteiger partial charge in [0.15, 0.2) is 0 Å². The SMILES string of the molecule is C[C@]1(c2ccc3ccccc3c2)NC(=O)N(CC(=O)N2CCN(S(=O)(=O)c3ccccc3F)CC2)C1=O. The number of piperazine rings is 1. The van der Waals surface area contributed by atoms with Gasteiger partial charge in [-0.15, -0.1) is 0 Å². The highest BCUT2D eigenvalue weighted by Gasteiger charge is 2.50. The van der Waals surface area contributed by atoms with Gasteiger partial charge >= 0.3 is 6.03 Å². The second kappa shape index (κ2) is 9.24. The van der Waals surface area contributed by atoms with Crippen molar-refractivity contribution in [2.45, 2.75) is 17.4 Å². The summed E-state index contributed by atoms with van der Waals surface area (Å²) in [7, 11) is -4.05. The number of carbonyl (C=O) groups excluding carboxylic acids is 3. The van der Waals surface area contributed by atoms with Crippen LogP contribution in [0.3, 0.4) is 0 Å². The minimum atomic E-state index is -4.05. The third-order valence-electron chi connectivity index (χ3n) is 6.94. The topological polar surface area (TPSA) is 107 Å². The summed E-state index contributed by atoms with van der Waals surface area (Å²) >= 11 is 0.